The van der Waals surface area contributed by atoms with Gasteiger partial charge in [0.25, 0.3) is 0 Å². The number of benzene rings is 2. The summed E-state index contributed by atoms with van der Waals surface area (Å²) in [5.74, 6) is 0.0446. The molecule has 0 fully saturated rings. The highest BCUT2D eigenvalue weighted by molar-refractivity contribution is 5.97. The predicted octanol–water partition coefficient (Wildman–Crippen LogP) is 3.38. The van der Waals surface area contributed by atoms with Crippen LogP contribution in [0.2, 0.25) is 0 Å². The predicted molar refractivity (Wildman–Crippen MR) is 108 cm³/mol. The number of hydrogen-bond donors (Lipinski definition) is 1. The van der Waals surface area contributed by atoms with Crippen LogP contribution in [-0.2, 0) is 22.4 Å². The summed E-state index contributed by atoms with van der Waals surface area (Å²) in [6, 6.07) is 14.5. The summed E-state index contributed by atoms with van der Waals surface area (Å²) < 4.78 is 0. The van der Waals surface area contributed by atoms with Crippen LogP contribution >= 0.6 is 0 Å². The summed E-state index contributed by atoms with van der Waals surface area (Å²) in [7, 11) is 0. The highest BCUT2D eigenvalue weighted by atomic mass is 16.2. The second-order valence-electron chi connectivity index (χ2n) is 7.46. The average Bonchev–Trinajstić information content (AvgIpc) is 3.07. The number of rotatable bonds is 3. The van der Waals surface area contributed by atoms with Crippen molar-refractivity contribution in [1.82, 2.24) is 0 Å². The van der Waals surface area contributed by atoms with Gasteiger partial charge in [0, 0.05) is 36.6 Å². The molecule has 0 saturated carbocycles. The van der Waals surface area contributed by atoms with Gasteiger partial charge in [0.05, 0.1) is 6.54 Å². The number of carbonyl (C=O) groups excluding carboxylic acids is 2. The van der Waals surface area contributed by atoms with Gasteiger partial charge in [-0.05, 0) is 61.6 Å². The van der Waals surface area contributed by atoms with Crippen LogP contribution in [0, 0.1) is 0 Å². The Kier molecular flexibility index (Phi) is 4.60. The summed E-state index contributed by atoms with van der Waals surface area (Å²) >= 11 is 0. The van der Waals surface area contributed by atoms with Gasteiger partial charge in [-0.25, -0.2) is 0 Å². The van der Waals surface area contributed by atoms with E-state index in [2.05, 4.69) is 35.3 Å². The van der Waals surface area contributed by atoms with Crippen LogP contribution in [-0.4, -0.2) is 30.9 Å². The lowest BCUT2D eigenvalue weighted by atomic mass is 9.96. The number of anilines is 3. The highest BCUT2D eigenvalue weighted by Crippen LogP contribution is 2.32. The number of nitrogens with zero attached hydrogens (tertiary/aromatic N) is 2. The number of hydrogen-bond acceptors (Lipinski definition) is 3. The van der Waals surface area contributed by atoms with Crippen LogP contribution in [0.5, 0.6) is 0 Å². The van der Waals surface area contributed by atoms with Crippen molar-refractivity contribution in [2.45, 2.75) is 39.2 Å². The quantitative estimate of drug-likeness (QED) is 0.910. The van der Waals surface area contributed by atoms with E-state index >= 15 is 0 Å². The van der Waals surface area contributed by atoms with Crippen molar-refractivity contribution in [1.29, 1.82) is 0 Å². The molecule has 2 amide bonds. The second-order valence-corrected chi connectivity index (χ2v) is 7.46. The third-order valence-corrected chi connectivity index (χ3v) is 5.62. The van der Waals surface area contributed by atoms with Gasteiger partial charge in [0.1, 0.15) is 0 Å². The van der Waals surface area contributed by atoms with Crippen LogP contribution in [0.1, 0.15) is 31.4 Å². The first-order chi connectivity index (χ1) is 13.0. The molecule has 2 aromatic carbocycles. The monoisotopic (exact) mass is 363 g/mol. The maximum absolute atomic E-state index is 12.7. The number of aryl methyl sites for hydroxylation is 1. The largest absolute Gasteiger partial charge is 0.359 e. The molecule has 0 aromatic heterocycles. The maximum atomic E-state index is 12.7. The fourth-order valence-corrected chi connectivity index (χ4v) is 4.16. The first kappa shape index (κ1) is 17.6. The molecule has 2 aliphatic heterocycles. The third-order valence-electron chi connectivity index (χ3n) is 5.62. The fraction of sp³-hybridized carbons (Fsp3) is 0.364. The van der Waals surface area contributed by atoms with Gasteiger partial charge >= 0.3 is 0 Å². The minimum Gasteiger partial charge on any atom is -0.359 e. The zero-order valence-corrected chi connectivity index (χ0v) is 15.9. The normalized spacial score (nSPS) is 18.1. The molecule has 2 heterocycles. The lowest BCUT2D eigenvalue weighted by Crippen LogP contribution is -2.42. The van der Waals surface area contributed by atoms with E-state index in [9.17, 15) is 9.59 Å². The van der Waals surface area contributed by atoms with E-state index in [1.165, 1.54) is 5.56 Å². The molecule has 2 aliphatic rings. The molecule has 1 N–H and O–H groups in total. The van der Waals surface area contributed by atoms with E-state index in [1.54, 1.807) is 11.8 Å². The van der Waals surface area contributed by atoms with E-state index in [4.69, 9.17) is 0 Å². The zero-order chi connectivity index (χ0) is 19.0. The van der Waals surface area contributed by atoms with Gasteiger partial charge in [-0.3, -0.25) is 9.59 Å². The Morgan fingerprint density at radius 3 is 2.70 bits per heavy atom. The van der Waals surface area contributed by atoms with E-state index in [1.807, 2.05) is 24.3 Å². The number of amides is 2. The summed E-state index contributed by atoms with van der Waals surface area (Å²) in [6.45, 7) is 4.82. The molecule has 5 nitrogen and oxygen atoms in total. The van der Waals surface area contributed by atoms with Gasteiger partial charge < -0.3 is 15.1 Å². The Labute approximate surface area is 160 Å². The molecule has 0 saturated heterocycles. The summed E-state index contributed by atoms with van der Waals surface area (Å²) in [6.07, 6.45) is 2.95. The van der Waals surface area contributed by atoms with Crippen molar-refractivity contribution in [2.24, 2.45) is 0 Å². The van der Waals surface area contributed by atoms with Crippen LogP contribution in [0.4, 0.5) is 17.1 Å². The number of para-hydroxylation sites is 1. The van der Waals surface area contributed by atoms with E-state index in [-0.39, 0.29) is 11.8 Å². The standard InChI is InChI=1S/C22H25N3O2/c1-15-7-8-17-5-3-4-6-20(17)25(15)14-22(27)23-19-9-10-21-18(13-19)11-12-24(21)16(2)26/h3-6,9-10,13,15H,7-8,11-12,14H2,1-2H3,(H,23,27). The fourth-order valence-electron chi connectivity index (χ4n) is 4.16. The summed E-state index contributed by atoms with van der Waals surface area (Å²) in [4.78, 5) is 28.3. The van der Waals surface area contributed by atoms with Crippen molar-refractivity contribution in [2.75, 3.05) is 28.2 Å². The third kappa shape index (κ3) is 3.42. The molecule has 0 aliphatic carbocycles. The first-order valence-electron chi connectivity index (χ1n) is 9.58. The number of nitrogens with one attached hydrogen (secondary N) is 1. The first-order valence-corrected chi connectivity index (χ1v) is 9.58. The smallest absolute Gasteiger partial charge is 0.243 e. The minimum absolute atomic E-state index is 0.0140. The molecule has 4 rings (SSSR count). The van der Waals surface area contributed by atoms with Crippen molar-refractivity contribution in [3.63, 3.8) is 0 Å². The van der Waals surface area contributed by atoms with Crippen LogP contribution in [0.25, 0.3) is 0 Å². The lowest BCUT2D eigenvalue weighted by Gasteiger charge is -2.36. The van der Waals surface area contributed by atoms with Crippen molar-refractivity contribution in [3.05, 3.63) is 53.6 Å². The molecule has 0 radical (unpaired) electrons. The zero-order valence-electron chi connectivity index (χ0n) is 15.9. The van der Waals surface area contributed by atoms with Crippen molar-refractivity contribution >= 4 is 28.9 Å². The number of carbonyl (C=O) groups is 2. The Morgan fingerprint density at radius 2 is 1.89 bits per heavy atom. The van der Waals surface area contributed by atoms with Gasteiger partial charge in [-0.1, -0.05) is 18.2 Å². The molecule has 2 aromatic rings. The molecule has 27 heavy (non-hydrogen) atoms. The topological polar surface area (TPSA) is 52.7 Å². The van der Waals surface area contributed by atoms with Gasteiger partial charge in [-0.15, -0.1) is 0 Å². The van der Waals surface area contributed by atoms with Crippen molar-refractivity contribution < 1.29 is 9.59 Å². The Balaban J connectivity index is 1.47. The number of fused-ring (bicyclic) bond motifs is 2. The minimum atomic E-state index is -0.0140. The summed E-state index contributed by atoms with van der Waals surface area (Å²) in [5.41, 5.74) is 5.34. The molecule has 1 atom stereocenters. The van der Waals surface area contributed by atoms with Crippen LogP contribution in [0.15, 0.2) is 42.5 Å². The maximum Gasteiger partial charge on any atom is 0.243 e. The van der Waals surface area contributed by atoms with E-state index in [0.717, 1.165) is 41.9 Å². The van der Waals surface area contributed by atoms with Crippen molar-refractivity contribution in [3.8, 4) is 0 Å². The Bertz CT molecular complexity index is 893. The molecule has 5 heteroatoms. The van der Waals surface area contributed by atoms with E-state index < -0.39 is 0 Å². The van der Waals surface area contributed by atoms with Gasteiger partial charge in [-0.2, -0.15) is 0 Å². The molecule has 0 spiro atoms. The molecule has 1 unspecified atom stereocenters. The Hall–Kier alpha value is -2.82. The van der Waals surface area contributed by atoms with Gasteiger partial charge in [0.15, 0.2) is 0 Å². The molecule has 140 valence electrons. The average molecular weight is 363 g/mol. The molecular formula is C22H25N3O2. The van der Waals surface area contributed by atoms with Crippen LogP contribution in [0.3, 0.4) is 0 Å². The SMILES string of the molecule is CC(=O)N1CCc2cc(NC(=O)CN3c4ccccc4CCC3C)ccc21. The summed E-state index contributed by atoms with van der Waals surface area (Å²) in [5, 5.41) is 3.03. The van der Waals surface area contributed by atoms with Gasteiger partial charge in [0.2, 0.25) is 11.8 Å². The molecule has 0 bridgehead atoms. The Morgan fingerprint density at radius 1 is 1.07 bits per heavy atom. The highest BCUT2D eigenvalue weighted by Gasteiger charge is 2.25. The lowest BCUT2D eigenvalue weighted by molar-refractivity contribution is -0.116. The van der Waals surface area contributed by atoms with Crippen LogP contribution < -0.4 is 15.1 Å². The second kappa shape index (κ2) is 7.06. The van der Waals surface area contributed by atoms with E-state index in [0.29, 0.717) is 19.1 Å². The molecular weight excluding hydrogens is 338 g/mol.